The lowest BCUT2D eigenvalue weighted by molar-refractivity contribution is 0.420. The maximum atomic E-state index is 6.47. The molecule has 0 spiro atoms. The molecule has 1 aromatic heterocycles. The van der Waals surface area contributed by atoms with Crippen molar-refractivity contribution in [2.75, 3.05) is 30.5 Å². The van der Waals surface area contributed by atoms with E-state index in [2.05, 4.69) is 59.0 Å². The summed E-state index contributed by atoms with van der Waals surface area (Å²) in [6.07, 6.45) is 6.47. The molecule has 3 aromatic rings. The zero-order valence-electron chi connectivity index (χ0n) is 20.1. The fraction of sp³-hybridized carbons (Fsp3) is 0.360. The highest BCUT2D eigenvalue weighted by molar-refractivity contribution is 7.80. The van der Waals surface area contributed by atoms with E-state index in [0.717, 1.165) is 41.5 Å². The number of aromatic nitrogens is 2. The Balaban J connectivity index is 0.00000289. The molecule has 1 fully saturated rings. The number of nitrogens with zero attached hydrogens (tertiary/aromatic N) is 2. The van der Waals surface area contributed by atoms with Crippen molar-refractivity contribution < 1.29 is 4.52 Å². The summed E-state index contributed by atoms with van der Waals surface area (Å²) in [4.78, 5) is 10.0. The standard InChI is InChI=1S/C25H29ClN5OPS.H3P/c1-33(2)32-23-12-18(34)6-7-21(23)29-24-20(26)14-28-25(31-24)30-22-11-17-13-27-9-8-16(17)10-19(22)15-4-3-5-15;/h6-7,10-12,14-15,27,34H,3-5,8-9,13H2,1-2H3,(H2,28,29,30,31);1H3. The predicted octanol–water partition coefficient (Wildman–Crippen LogP) is 6.91. The van der Waals surface area contributed by atoms with E-state index in [0.29, 0.717) is 22.7 Å². The van der Waals surface area contributed by atoms with Crippen LogP contribution in [0.15, 0.2) is 41.4 Å². The first-order valence-electron chi connectivity index (χ1n) is 11.6. The van der Waals surface area contributed by atoms with E-state index in [1.165, 1.54) is 36.0 Å². The van der Waals surface area contributed by atoms with Gasteiger partial charge in [0, 0.05) is 17.1 Å². The molecule has 1 aliphatic heterocycles. The van der Waals surface area contributed by atoms with Crippen LogP contribution in [0.5, 0.6) is 5.75 Å². The smallest absolute Gasteiger partial charge is 0.229 e. The lowest BCUT2D eigenvalue weighted by Gasteiger charge is -2.30. The molecule has 35 heavy (non-hydrogen) atoms. The summed E-state index contributed by atoms with van der Waals surface area (Å²) in [5.74, 6) is 2.36. The van der Waals surface area contributed by atoms with Crippen molar-refractivity contribution in [3.8, 4) is 5.75 Å². The molecule has 1 unspecified atom stereocenters. The third kappa shape index (κ3) is 6.21. The van der Waals surface area contributed by atoms with E-state index < -0.39 is 8.15 Å². The molecule has 5 rings (SSSR count). The topological polar surface area (TPSA) is 71.1 Å². The summed E-state index contributed by atoms with van der Waals surface area (Å²) in [7, 11) is -0.595. The summed E-state index contributed by atoms with van der Waals surface area (Å²) in [6, 6.07) is 10.4. The largest absolute Gasteiger partial charge is 0.472 e. The zero-order valence-corrected chi connectivity index (χ0v) is 24.0. The number of rotatable bonds is 7. The molecule has 0 radical (unpaired) electrons. The zero-order chi connectivity index (χ0) is 23.7. The average molecular weight is 548 g/mol. The van der Waals surface area contributed by atoms with E-state index in [-0.39, 0.29) is 9.90 Å². The molecule has 1 atom stereocenters. The van der Waals surface area contributed by atoms with Gasteiger partial charge in [0.1, 0.15) is 10.8 Å². The molecule has 6 nitrogen and oxygen atoms in total. The van der Waals surface area contributed by atoms with Gasteiger partial charge in [0.2, 0.25) is 5.95 Å². The Morgan fingerprint density at radius 1 is 1.11 bits per heavy atom. The van der Waals surface area contributed by atoms with Gasteiger partial charge in [-0.2, -0.15) is 14.9 Å². The van der Waals surface area contributed by atoms with Crippen LogP contribution in [-0.4, -0.2) is 29.8 Å². The van der Waals surface area contributed by atoms with Crippen LogP contribution < -0.4 is 20.5 Å². The van der Waals surface area contributed by atoms with Crippen LogP contribution in [0.3, 0.4) is 0 Å². The van der Waals surface area contributed by atoms with E-state index in [9.17, 15) is 0 Å². The molecular weight excluding hydrogens is 516 g/mol. The molecule has 3 N–H and O–H groups in total. The van der Waals surface area contributed by atoms with E-state index >= 15 is 0 Å². The van der Waals surface area contributed by atoms with Crippen molar-refractivity contribution >= 4 is 65.4 Å². The number of benzene rings is 2. The quantitative estimate of drug-likeness (QED) is 0.190. The summed E-state index contributed by atoms with van der Waals surface area (Å²) < 4.78 is 6.02. The SMILES string of the molecule is CP(C)Oc1cc(S)ccc1Nc1nc(Nc2cc3c(cc2C2CCC2)CCNC3)ncc1Cl.P. The fourth-order valence-corrected chi connectivity index (χ4v) is 5.24. The second-order valence-corrected chi connectivity index (χ2v) is 11.7. The third-order valence-electron chi connectivity index (χ3n) is 6.29. The molecular formula is C25H32ClN5OP2S. The van der Waals surface area contributed by atoms with Gasteiger partial charge in [0.25, 0.3) is 0 Å². The van der Waals surface area contributed by atoms with Crippen LogP contribution in [0.1, 0.15) is 41.9 Å². The van der Waals surface area contributed by atoms with E-state index in [1.54, 1.807) is 6.20 Å². The van der Waals surface area contributed by atoms with Crippen molar-refractivity contribution in [1.29, 1.82) is 0 Å². The number of hydrogen-bond acceptors (Lipinski definition) is 7. The Kier molecular flexibility index (Phi) is 8.78. The van der Waals surface area contributed by atoms with Gasteiger partial charge in [-0.05, 0) is 86.0 Å². The van der Waals surface area contributed by atoms with Crippen LogP contribution >= 0.6 is 42.3 Å². The summed E-state index contributed by atoms with van der Waals surface area (Å²) >= 11 is 10.9. The van der Waals surface area contributed by atoms with Crippen molar-refractivity contribution in [2.24, 2.45) is 0 Å². The highest BCUT2D eigenvalue weighted by atomic mass is 35.5. The van der Waals surface area contributed by atoms with Gasteiger partial charge in [-0.3, -0.25) is 0 Å². The minimum atomic E-state index is -0.595. The number of anilines is 4. The Labute approximate surface area is 222 Å². The Morgan fingerprint density at radius 2 is 1.94 bits per heavy atom. The minimum Gasteiger partial charge on any atom is -0.472 e. The molecule has 1 saturated carbocycles. The highest BCUT2D eigenvalue weighted by Gasteiger charge is 2.25. The summed E-state index contributed by atoms with van der Waals surface area (Å²) in [6.45, 7) is 6.04. The maximum absolute atomic E-state index is 6.47. The first-order chi connectivity index (χ1) is 16.5. The number of halogens is 1. The summed E-state index contributed by atoms with van der Waals surface area (Å²) in [5.41, 5.74) is 6.05. The second kappa shape index (κ2) is 11.6. The first-order valence-corrected chi connectivity index (χ1v) is 14.6. The molecule has 0 saturated heterocycles. The lowest BCUT2D eigenvalue weighted by Crippen LogP contribution is -2.24. The van der Waals surface area contributed by atoms with Gasteiger partial charge < -0.3 is 20.5 Å². The van der Waals surface area contributed by atoms with Crippen molar-refractivity contribution in [2.45, 2.75) is 43.0 Å². The fourth-order valence-electron chi connectivity index (χ4n) is 4.37. The number of nitrogens with one attached hydrogen (secondary N) is 3. The van der Waals surface area contributed by atoms with Crippen LogP contribution in [0, 0.1) is 0 Å². The van der Waals surface area contributed by atoms with Crippen LogP contribution in [-0.2, 0) is 13.0 Å². The molecule has 0 amide bonds. The third-order valence-corrected chi connectivity index (χ3v) is 7.41. The average Bonchev–Trinajstić information content (AvgIpc) is 2.76. The summed E-state index contributed by atoms with van der Waals surface area (Å²) in [5, 5.41) is 10.7. The van der Waals surface area contributed by atoms with Gasteiger partial charge in [0.05, 0.1) is 20.0 Å². The van der Waals surface area contributed by atoms with Crippen LogP contribution in [0.25, 0.3) is 0 Å². The molecule has 1 aliphatic carbocycles. The minimum absolute atomic E-state index is 0. The van der Waals surface area contributed by atoms with Gasteiger partial charge in [0.15, 0.2) is 5.82 Å². The highest BCUT2D eigenvalue weighted by Crippen LogP contribution is 2.42. The van der Waals surface area contributed by atoms with Gasteiger partial charge in [-0.1, -0.05) is 24.1 Å². The monoisotopic (exact) mass is 547 g/mol. The Bertz CT molecular complexity index is 1210. The van der Waals surface area contributed by atoms with E-state index in [1.807, 2.05) is 18.2 Å². The van der Waals surface area contributed by atoms with Crippen molar-refractivity contribution in [1.82, 2.24) is 15.3 Å². The van der Waals surface area contributed by atoms with Crippen molar-refractivity contribution in [3.63, 3.8) is 0 Å². The normalized spacial score (nSPS) is 15.1. The number of hydrogen-bond donors (Lipinski definition) is 4. The van der Waals surface area contributed by atoms with Crippen LogP contribution in [0.2, 0.25) is 5.02 Å². The molecule has 10 heteroatoms. The molecule has 2 heterocycles. The van der Waals surface area contributed by atoms with E-state index in [4.69, 9.17) is 21.1 Å². The number of fused-ring (bicyclic) bond motifs is 1. The Morgan fingerprint density at radius 3 is 2.69 bits per heavy atom. The first kappa shape index (κ1) is 26.4. The predicted molar refractivity (Wildman–Crippen MR) is 156 cm³/mol. The number of thiol groups is 1. The van der Waals surface area contributed by atoms with Crippen molar-refractivity contribution in [3.05, 3.63) is 58.2 Å². The lowest BCUT2D eigenvalue weighted by atomic mass is 9.78. The Hall–Kier alpha value is -1.62. The van der Waals surface area contributed by atoms with Gasteiger partial charge in [-0.15, -0.1) is 12.6 Å². The second-order valence-electron chi connectivity index (χ2n) is 8.99. The maximum Gasteiger partial charge on any atom is 0.229 e. The van der Waals surface area contributed by atoms with Crippen LogP contribution in [0.4, 0.5) is 23.1 Å². The molecule has 2 aliphatic rings. The molecule has 0 bridgehead atoms. The van der Waals surface area contributed by atoms with Gasteiger partial charge >= 0.3 is 0 Å². The van der Waals surface area contributed by atoms with Gasteiger partial charge in [-0.25, -0.2) is 4.98 Å². The molecule has 186 valence electrons. The molecule has 2 aromatic carbocycles.